The van der Waals surface area contributed by atoms with Gasteiger partial charge in [-0.2, -0.15) is 0 Å². The van der Waals surface area contributed by atoms with Crippen molar-refractivity contribution in [2.75, 3.05) is 14.2 Å². The number of rotatable bonds is 3. The predicted molar refractivity (Wildman–Crippen MR) is 56.6 cm³/mol. The molecule has 4 nitrogen and oxygen atoms in total. The van der Waals surface area contributed by atoms with Gasteiger partial charge in [0.25, 0.3) is 0 Å². The van der Waals surface area contributed by atoms with Crippen LogP contribution in [0, 0.1) is 0 Å². The fourth-order valence-electron chi connectivity index (χ4n) is 0.901. The molecule has 0 aliphatic carbocycles. The maximum atomic E-state index is 11.0. The Morgan fingerprint density at radius 2 is 2.20 bits per heavy atom. The van der Waals surface area contributed by atoms with E-state index in [9.17, 15) is 4.79 Å². The van der Waals surface area contributed by atoms with Crippen LogP contribution in [0.4, 0.5) is 0 Å². The van der Waals surface area contributed by atoms with Gasteiger partial charge in [0, 0.05) is 12.3 Å². The lowest BCUT2D eigenvalue weighted by molar-refractivity contribution is -0.135. The predicted octanol–water partition coefficient (Wildman–Crippen LogP) is 1.84. The lowest BCUT2D eigenvalue weighted by Gasteiger charge is -1.99. The van der Waals surface area contributed by atoms with Crippen LogP contribution in [0.5, 0.6) is 5.88 Å². The number of aromatic nitrogens is 1. The van der Waals surface area contributed by atoms with Gasteiger partial charge in [-0.1, -0.05) is 11.6 Å². The van der Waals surface area contributed by atoms with Gasteiger partial charge in [-0.3, -0.25) is 0 Å². The average molecular weight is 228 g/mol. The molecule has 0 atom stereocenters. The van der Waals surface area contributed by atoms with Crippen LogP contribution in [-0.4, -0.2) is 25.2 Å². The largest absolute Gasteiger partial charge is 0.481 e. The highest BCUT2D eigenvalue weighted by molar-refractivity contribution is 6.43. The minimum atomic E-state index is -0.576. The van der Waals surface area contributed by atoms with Gasteiger partial charge >= 0.3 is 5.97 Å². The van der Waals surface area contributed by atoms with Gasteiger partial charge in [0.1, 0.15) is 5.03 Å². The maximum absolute atomic E-state index is 11.0. The van der Waals surface area contributed by atoms with Crippen molar-refractivity contribution in [2.24, 2.45) is 0 Å². The highest BCUT2D eigenvalue weighted by atomic mass is 35.5. The Kier molecular flexibility index (Phi) is 4.12. The molecule has 0 spiro atoms. The van der Waals surface area contributed by atoms with E-state index in [0.717, 1.165) is 0 Å². The Bertz CT molecular complexity index is 373. The van der Waals surface area contributed by atoms with Crippen molar-refractivity contribution >= 4 is 23.6 Å². The number of esters is 1. The third-order valence-corrected chi connectivity index (χ3v) is 1.91. The van der Waals surface area contributed by atoms with Crippen LogP contribution >= 0.6 is 11.6 Å². The zero-order valence-corrected chi connectivity index (χ0v) is 9.12. The quantitative estimate of drug-likeness (QED) is 0.584. The smallest absolute Gasteiger partial charge is 0.349 e. The van der Waals surface area contributed by atoms with Crippen LogP contribution in [0.25, 0.3) is 6.08 Å². The van der Waals surface area contributed by atoms with E-state index in [1.165, 1.54) is 20.3 Å². The maximum Gasteiger partial charge on any atom is 0.349 e. The minimum absolute atomic E-state index is 0.00414. The number of ether oxygens (including phenoxy) is 2. The Morgan fingerprint density at radius 3 is 2.67 bits per heavy atom. The molecule has 0 N–H and O–H groups in total. The molecule has 0 aromatic carbocycles. The highest BCUT2D eigenvalue weighted by Crippen LogP contribution is 2.13. The molecule has 1 heterocycles. The summed E-state index contributed by atoms with van der Waals surface area (Å²) in [6.45, 7) is 0. The Labute approximate surface area is 92.5 Å². The molecule has 0 aliphatic heterocycles. The van der Waals surface area contributed by atoms with E-state index in [-0.39, 0.29) is 5.03 Å². The average Bonchev–Trinajstić information content (AvgIpc) is 2.29. The molecule has 0 bridgehead atoms. The molecular weight excluding hydrogens is 218 g/mol. The summed E-state index contributed by atoms with van der Waals surface area (Å²) < 4.78 is 9.33. The molecule has 0 radical (unpaired) electrons. The fourth-order valence-corrected chi connectivity index (χ4v) is 1.10. The van der Waals surface area contributed by atoms with Crippen LogP contribution in [0.1, 0.15) is 5.56 Å². The normalized spacial score (nSPS) is 11.0. The first-order valence-corrected chi connectivity index (χ1v) is 4.50. The first kappa shape index (κ1) is 11.5. The van der Waals surface area contributed by atoms with Crippen LogP contribution < -0.4 is 4.74 Å². The molecule has 0 aliphatic rings. The van der Waals surface area contributed by atoms with E-state index in [2.05, 4.69) is 9.72 Å². The van der Waals surface area contributed by atoms with Crippen molar-refractivity contribution in [1.82, 2.24) is 4.98 Å². The van der Waals surface area contributed by atoms with Gasteiger partial charge in [0.05, 0.1) is 14.2 Å². The molecule has 0 amide bonds. The van der Waals surface area contributed by atoms with Crippen molar-refractivity contribution < 1.29 is 14.3 Å². The second kappa shape index (κ2) is 5.36. The molecular formula is C10H10ClNO3. The van der Waals surface area contributed by atoms with Crippen molar-refractivity contribution in [1.29, 1.82) is 0 Å². The molecule has 15 heavy (non-hydrogen) atoms. The van der Waals surface area contributed by atoms with Gasteiger partial charge in [0.15, 0.2) is 0 Å². The van der Waals surface area contributed by atoms with Gasteiger partial charge in [-0.05, 0) is 17.7 Å². The Balaban J connectivity index is 2.84. The summed E-state index contributed by atoms with van der Waals surface area (Å²) >= 11 is 5.67. The second-order valence-corrected chi connectivity index (χ2v) is 3.02. The van der Waals surface area contributed by atoms with E-state index in [4.69, 9.17) is 16.3 Å². The lowest BCUT2D eigenvalue weighted by Crippen LogP contribution is -1.99. The van der Waals surface area contributed by atoms with Crippen molar-refractivity contribution in [3.8, 4) is 5.88 Å². The summed E-state index contributed by atoms with van der Waals surface area (Å²) in [4.78, 5) is 14.9. The third-order valence-electron chi connectivity index (χ3n) is 1.64. The summed E-state index contributed by atoms with van der Waals surface area (Å²) in [6, 6.07) is 3.41. The van der Waals surface area contributed by atoms with Gasteiger partial charge in [0.2, 0.25) is 5.88 Å². The number of carbonyl (C=O) groups is 1. The topological polar surface area (TPSA) is 48.4 Å². The zero-order valence-electron chi connectivity index (χ0n) is 8.36. The van der Waals surface area contributed by atoms with E-state index in [1.807, 2.05) is 0 Å². The molecule has 0 saturated carbocycles. The Morgan fingerprint density at radius 1 is 1.47 bits per heavy atom. The number of pyridine rings is 1. The standard InChI is InChI=1S/C10H10ClNO3/c1-14-9-4-3-7(6-12-9)5-8(11)10(13)15-2/h3-6H,1-2H3/b8-5-. The molecule has 1 aromatic heterocycles. The first-order valence-electron chi connectivity index (χ1n) is 4.13. The van der Waals surface area contributed by atoms with E-state index in [1.54, 1.807) is 18.3 Å². The van der Waals surface area contributed by atoms with Gasteiger partial charge < -0.3 is 9.47 Å². The number of hydrogen-bond acceptors (Lipinski definition) is 4. The molecule has 80 valence electrons. The number of halogens is 1. The highest BCUT2D eigenvalue weighted by Gasteiger charge is 2.05. The molecule has 0 fully saturated rings. The van der Waals surface area contributed by atoms with Crippen molar-refractivity contribution in [3.05, 3.63) is 28.9 Å². The SMILES string of the molecule is COC(=O)/C(Cl)=C/c1ccc(OC)nc1. The number of hydrogen-bond donors (Lipinski definition) is 0. The van der Waals surface area contributed by atoms with Crippen molar-refractivity contribution in [2.45, 2.75) is 0 Å². The summed E-state index contributed by atoms with van der Waals surface area (Å²) in [5.41, 5.74) is 0.700. The number of nitrogens with zero attached hydrogens (tertiary/aromatic N) is 1. The molecule has 1 rings (SSSR count). The summed E-state index contributed by atoms with van der Waals surface area (Å²) in [6.07, 6.45) is 3.02. The Hall–Kier alpha value is -1.55. The first-order chi connectivity index (χ1) is 7.17. The molecule has 5 heteroatoms. The number of methoxy groups -OCH3 is 2. The fraction of sp³-hybridized carbons (Fsp3) is 0.200. The van der Waals surface area contributed by atoms with E-state index in [0.29, 0.717) is 11.4 Å². The van der Waals surface area contributed by atoms with Crippen LogP contribution in [0.2, 0.25) is 0 Å². The second-order valence-electron chi connectivity index (χ2n) is 2.62. The number of carbonyl (C=O) groups excluding carboxylic acids is 1. The molecule has 0 saturated heterocycles. The minimum Gasteiger partial charge on any atom is -0.481 e. The monoisotopic (exact) mass is 227 g/mol. The van der Waals surface area contributed by atoms with Crippen LogP contribution in [0.15, 0.2) is 23.4 Å². The molecule has 1 aromatic rings. The van der Waals surface area contributed by atoms with E-state index < -0.39 is 5.97 Å². The molecule has 0 unspecified atom stereocenters. The lowest BCUT2D eigenvalue weighted by atomic mass is 10.2. The van der Waals surface area contributed by atoms with Gasteiger partial charge in [-0.15, -0.1) is 0 Å². The summed E-state index contributed by atoms with van der Waals surface area (Å²) in [5.74, 6) is -0.0752. The summed E-state index contributed by atoms with van der Waals surface area (Å²) in [5, 5.41) is 0.00414. The third kappa shape index (κ3) is 3.25. The van der Waals surface area contributed by atoms with Gasteiger partial charge in [-0.25, -0.2) is 9.78 Å². The van der Waals surface area contributed by atoms with E-state index >= 15 is 0 Å². The van der Waals surface area contributed by atoms with Crippen molar-refractivity contribution in [3.63, 3.8) is 0 Å². The van der Waals surface area contributed by atoms with Crippen LogP contribution in [-0.2, 0) is 9.53 Å². The zero-order chi connectivity index (χ0) is 11.3. The van der Waals surface area contributed by atoms with Crippen LogP contribution in [0.3, 0.4) is 0 Å². The summed E-state index contributed by atoms with van der Waals surface area (Å²) in [7, 11) is 2.80.